The molecule has 0 aliphatic rings. The Kier molecular flexibility index (Phi) is 5.70. The maximum atomic E-state index is 11.1. The quantitative estimate of drug-likeness (QED) is 0.721. The van der Waals surface area contributed by atoms with Gasteiger partial charge in [0.05, 0.1) is 4.83 Å². The summed E-state index contributed by atoms with van der Waals surface area (Å²) in [5.41, 5.74) is 0. The summed E-state index contributed by atoms with van der Waals surface area (Å²) in [5.74, 6) is -1.27. The van der Waals surface area contributed by atoms with Gasteiger partial charge < -0.3 is 10.4 Å². The van der Waals surface area contributed by atoms with Gasteiger partial charge in [-0.05, 0) is 13.3 Å². The number of rotatable bonds is 5. The molecular weight excluding hydrogens is 238 g/mol. The Morgan fingerprint density at radius 3 is 2.38 bits per heavy atom. The second-order valence-corrected chi connectivity index (χ2v) is 4.18. The van der Waals surface area contributed by atoms with E-state index in [0.717, 1.165) is 6.42 Å². The van der Waals surface area contributed by atoms with E-state index >= 15 is 0 Å². The van der Waals surface area contributed by atoms with Crippen LogP contribution < -0.4 is 5.32 Å². The van der Waals surface area contributed by atoms with E-state index in [2.05, 4.69) is 21.2 Å². The lowest BCUT2D eigenvalue weighted by Gasteiger charge is -2.14. The standard InChI is InChI=1S/C8H14BrNO3/c1-3-4-6(8(12)13)10-7(11)5(2)9/h5-6H,3-4H2,1-2H3,(H,10,11)(H,12,13)/t5-,6?/m0/s1. The first-order chi connectivity index (χ1) is 5.99. The van der Waals surface area contributed by atoms with Gasteiger partial charge in [0.1, 0.15) is 6.04 Å². The molecule has 2 atom stereocenters. The molecule has 0 saturated heterocycles. The molecule has 76 valence electrons. The lowest BCUT2D eigenvalue weighted by molar-refractivity contribution is -0.141. The van der Waals surface area contributed by atoms with Gasteiger partial charge in [-0.25, -0.2) is 4.79 Å². The average molecular weight is 252 g/mol. The molecule has 5 heteroatoms. The molecule has 0 spiro atoms. The van der Waals surface area contributed by atoms with Crippen molar-refractivity contribution in [3.63, 3.8) is 0 Å². The highest BCUT2D eigenvalue weighted by molar-refractivity contribution is 9.10. The fourth-order valence-electron chi connectivity index (χ4n) is 0.833. The second kappa shape index (κ2) is 5.96. The summed E-state index contributed by atoms with van der Waals surface area (Å²) in [5, 5.41) is 11.1. The van der Waals surface area contributed by atoms with Crippen LogP contribution in [-0.2, 0) is 9.59 Å². The summed E-state index contributed by atoms with van der Waals surface area (Å²) in [6, 6.07) is -0.766. The highest BCUT2D eigenvalue weighted by Crippen LogP contribution is 2.01. The van der Waals surface area contributed by atoms with E-state index in [1.165, 1.54) is 0 Å². The first-order valence-electron chi connectivity index (χ1n) is 4.16. The molecule has 0 aliphatic carbocycles. The Morgan fingerprint density at radius 1 is 1.54 bits per heavy atom. The molecule has 1 amide bonds. The van der Waals surface area contributed by atoms with Crippen molar-refractivity contribution in [1.82, 2.24) is 5.32 Å². The van der Waals surface area contributed by atoms with Crippen molar-refractivity contribution in [1.29, 1.82) is 0 Å². The zero-order valence-corrected chi connectivity index (χ0v) is 9.30. The third-order valence-electron chi connectivity index (χ3n) is 1.55. The van der Waals surface area contributed by atoms with E-state index < -0.39 is 12.0 Å². The first-order valence-corrected chi connectivity index (χ1v) is 5.07. The van der Waals surface area contributed by atoms with Gasteiger partial charge in [-0.2, -0.15) is 0 Å². The number of carbonyl (C=O) groups is 2. The Labute approximate surface area is 85.8 Å². The smallest absolute Gasteiger partial charge is 0.326 e. The third kappa shape index (κ3) is 4.87. The van der Waals surface area contributed by atoms with Crippen LogP contribution in [0.15, 0.2) is 0 Å². The largest absolute Gasteiger partial charge is 0.480 e. The monoisotopic (exact) mass is 251 g/mol. The lowest BCUT2D eigenvalue weighted by atomic mass is 10.1. The number of carbonyl (C=O) groups excluding carboxylic acids is 1. The zero-order chi connectivity index (χ0) is 10.4. The summed E-state index contributed by atoms with van der Waals surface area (Å²) in [4.78, 5) is 21.4. The molecule has 0 aliphatic heterocycles. The summed E-state index contributed by atoms with van der Waals surface area (Å²) >= 11 is 3.06. The van der Waals surface area contributed by atoms with Crippen molar-refractivity contribution in [3.05, 3.63) is 0 Å². The van der Waals surface area contributed by atoms with Crippen molar-refractivity contribution >= 4 is 27.8 Å². The van der Waals surface area contributed by atoms with Crippen LogP contribution in [0.25, 0.3) is 0 Å². The van der Waals surface area contributed by atoms with Crippen molar-refractivity contribution in [2.24, 2.45) is 0 Å². The molecule has 0 saturated carbocycles. The van der Waals surface area contributed by atoms with Gasteiger partial charge in [-0.15, -0.1) is 0 Å². The molecule has 4 nitrogen and oxygen atoms in total. The van der Waals surface area contributed by atoms with E-state index in [-0.39, 0.29) is 10.7 Å². The molecule has 1 unspecified atom stereocenters. The van der Waals surface area contributed by atoms with Crippen LogP contribution in [0.1, 0.15) is 26.7 Å². The normalized spacial score (nSPS) is 14.7. The van der Waals surface area contributed by atoms with Gasteiger partial charge in [-0.1, -0.05) is 29.3 Å². The molecule has 13 heavy (non-hydrogen) atoms. The molecular formula is C8H14BrNO3. The Morgan fingerprint density at radius 2 is 2.08 bits per heavy atom. The predicted octanol–water partition coefficient (Wildman–Crippen LogP) is 1.14. The minimum absolute atomic E-state index is 0.291. The fourth-order valence-corrected chi connectivity index (χ4v) is 0.965. The molecule has 0 heterocycles. The summed E-state index contributed by atoms with van der Waals surface area (Å²) in [7, 11) is 0. The van der Waals surface area contributed by atoms with Crippen molar-refractivity contribution in [2.45, 2.75) is 37.6 Å². The van der Waals surface area contributed by atoms with Gasteiger partial charge in [0.25, 0.3) is 0 Å². The predicted molar refractivity (Wildman–Crippen MR) is 52.9 cm³/mol. The molecule has 0 rings (SSSR count). The average Bonchev–Trinajstić information content (AvgIpc) is 2.03. The highest BCUT2D eigenvalue weighted by atomic mass is 79.9. The maximum Gasteiger partial charge on any atom is 0.326 e. The van der Waals surface area contributed by atoms with Crippen molar-refractivity contribution in [3.8, 4) is 0 Å². The molecule has 0 aromatic rings. The molecule has 0 radical (unpaired) electrons. The minimum atomic E-state index is -0.983. The van der Waals surface area contributed by atoms with Crippen LogP contribution in [-0.4, -0.2) is 27.9 Å². The van der Waals surface area contributed by atoms with Gasteiger partial charge in [0.15, 0.2) is 0 Å². The summed E-state index contributed by atoms with van der Waals surface area (Å²) < 4.78 is 0. The second-order valence-electron chi connectivity index (χ2n) is 2.80. The maximum absolute atomic E-state index is 11.1. The molecule has 0 aromatic carbocycles. The van der Waals surface area contributed by atoms with Crippen LogP contribution >= 0.6 is 15.9 Å². The van der Waals surface area contributed by atoms with Crippen LogP contribution in [0.4, 0.5) is 0 Å². The first kappa shape index (κ1) is 12.4. The number of hydrogen-bond acceptors (Lipinski definition) is 2. The summed E-state index contributed by atoms with van der Waals surface area (Å²) in [6.07, 6.45) is 1.19. The molecule has 0 aromatic heterocycles. The highest BCUT2D eigenvalue weighted by Gasteiger charge is 2.20. The Hall–Kier alpha value is -0.580. The minimum Gasteiger partial charge on any atom is -0.480 e. The van der Waals surface area contributed by atoms with Gasteiger partial charge in [0.2, 0.25) is 5.91 Å². The molecule has 0 bridgehead atoms. The van der Waals surface area contributed by atoms with Crippen LogP contribution in [0.2, 0.25) is 0 Å². The number of alkyl halides is 1. The topological polar surface area (TPSA) is 66.4 Å². The van der Waals surface area contributed by atoms with E-state index in [1.807, 2.05) is 6.92 Å². The van der Waals surface area contributed by atoms with Gasteiger partial charge in [0, 0.05) is 0 Å². The van der Waals surface area contributed by atoms with Crippen LogP contribution in [0, 0.1) is 0 Å². The van der Waals surface area contributed by atoms with E-state index in [9.17, 15) is 9.59 Å². The Bertz CT molecular complexity index is 194. The lowest BCUT2D eigenvalue weighted by Crippen LogP contribution is -2.43. The van der Waals surface area contributed by atoms with E-state index in [1.54, 1.807) is 6.92 Å². The van der Waals surface area contributed by atoms with Gasteiger partial charge >= 0.3 is 5.97 Å². The molecule has 2 N–H and O–H groups in total. The molecule has 0 fully saturated rings. The summed E-state index contributed by atoms with van der Waals surface area (Å²) in [6.45, 7) is 3.53. The fraction of sp³-hybridized carbons (Fsp3) is 0.750. The zero-order valence-electron chi connectivity index (χ0n) is 7.71. The van der Waals surface area contributed by atoms with E-state index in [4.69, 9.17) is 5.11 Å². The number of carboxylic acid groups (broad SMARTS) is 1. The van der Waals surface area contributed by atoms with Gasteiger partial charge in [-0.3, -0.25) is 4.79 Å². The number of carboxylic acids is 1. The van der Waals surface area contributed by atoms with Crippen molar-refractivity contribution in [2.75, 3.05) is 0 Å². The number of hydrogen-bond donors (Lipinski definition) is 2. The van der Waals surface area contributed by atoms with Crippen LogP contribution in [0.3, 0.4) is 0 Å². The number of nitrogens with one attached hydrogen (secondary N) is 1. The number of amides is 1. The Balaban J connectivity index is 4.10. The van der Waals surface area contributed by atoms with E-state index in [0.29, 0.717) is 6.42 Å². The van der Waals surface area contributed by atoms with Crippen molar-refractivity contribution < 1.29 is 14.7 Å². The SMILES string of the molecule is CCCC(NC(=O)[C@H](C)Br)C(=O)O. The number of aliphatic carboxylic acids is 1. The van der Waals surface area contributed by atoms with Crippen LogP contribution in [0.5, 0.6) is 0 Å². The third-order valence-corrected chi connectivity index (χ3v) is 1.97. The number of halogens is 1.